The van der Waals surface area contributed by atoms with Gasteiger partial charge < -0.3 is 10.6 Å². The van der Waals surface area contributed by atoms with E-state index in [2.05, 4.69) is 10.6 Å². The Morgan fingerprint density at radius 2 is 1.82 bits per heavy atom. The van der Waals surface area contributed by atoms with E-state index in [-0.39, 0.29) is 18.5 Å². The average molecular weight is 317 g/mol. The van der Waals surface area contributed by atoms with Crippen LogP contribution in [-0.2, 0) is 11.3 Å². The van der Waals surface area contributed by atoms with E-state index in [1.54, 1.807) is 0 Å². The molecule has 116 valence electrons. The number of aryl methyl sites for hydroxylation is 1. The topological polar surface area (TPSA) is 41.1 Å². The lowest BCUT2D eigenvalue weighted by molar-refractivity contribution is -0.120. The molecule has 2 N–H and O–H groups in total. The lowest BCUT2D eigenvalue weighted by Gasteiger charge is -2.14. The van der Waals surface area contributed by atoms with E-state index in [4.69, 9.17) is 11.6 Å². The fraction of sp³-hybridized carbons (Fsp3) is 0.278. The van der Waals surface area contributed by atoms with E-state index in [1.807, 2.05) is 62.4 Å². The summed E-state index contributed by atoms with van der Waals surface area (Å²) >= 11 is 5.87. The molecule has 2 rings (SSSR count). The van der Waals surface area contributed by atoms with Crippen molar-refractivity contribution in [3.8, 4) is 0 Å². The van der Waals surface area contributed by atoms with Crippen molar-refractivity contribution in [2.75, 3.05) is 6.54 Å². The molecule has 0 aliphatic rings. The second kappa shape index (κ2) is 7.97. The maximum absolute atomic E-state index is 11.9. The summed E-state index contributed by atoms with van der Waals surface area (Å²) in [6.45, 7) is 4.92. The Kier molecular flexibility index (Phi) is 5.99. The molecule has 0 heterocycles. The molecule has 1 atom stereocenters. The van der Waals surface area contributed by atoms with Crippen LogP contribution in [-0.4, -0.2) is 12.5 Å². The van der Waals surface area contributed by atoms with Crippen molar-refractivity contribution in [2.45, 2.75) is 26.4 Å². The van der Waals surface area contributed by atoms with Crippen LogP contribution in [0.25, 0.3) is 0 Å². The monoisotopic (exact) mass is 316 g/mol. The van der Waals surface area contributed by atoms with Gasteiger partial charge in [-0.05, 0) is 42.7 Å². The Morgan fingerprint density at radius 1 is 1.14 bits per heavy atom. The Hall–Kier alpha value is -1.84. The first kappa shape index (κ1) is 16.5. The first-order valence-electron chi connectivity index (χ1n) is 7.36. The molecule has 3 nitrogen and oxygen atoms in total. The Bertz CT molecular complexity index is 625. The molecule has 4 heteroatoms. The zero-order valence-corrected chi connectivity index (χ0v) is 13.7. The number of amides is 1. The van der Waals surface area contributed by atoms with E-state index >= 15 is 0 Å². The number of carbonyl (C=O) groups excluding carboxylic acids is 1. The molecule has 2 aromatic rings. The predicted octanol–water partition coefficient (Wildman–Crippen LogP) is 3.62. The number of nitrogens with one attached hydrogen (secondary N) is 2. The first-order valence-corrected chi connectivity index (χ1v) is 7.74. The third kappa shape index (κ3) is 4.86. The average Bonchev–Trinajstić information content (AvgIpc) is 2.52. The molecular weight excluding hydrogens is 296 g/mol. The lowest BCUT2D eigenvalue weighted by atomic mass is 10.1. The van der Waals surface area contributed by atoms with E-state index in [9.17, 15) is 4.79 Å². The van der Waals surface area contributed by atoms with E-state index < -0.39 is 0 Å². The van der Waals surface area contributed by atoms with Crippen LogP contribution in [0.3, 0.4) is 0 Å². The van der Waals surface area contributed by atoms with Gasteiger partial charge in [0, 0.05) is 17.6 Å². The molecule has 0 aromatic heterocycles. The van der Waals surface area contributed by atoms with E-state index in [1.165, 1.54) is 5.56 Å². The number of halogens is 1. The van der Waals surface area contributed by atoms with E-state index in [0.717, 1.165) is 11.1 Å². The molecular formula is C18H21ClN2O. The van der Waals surface area contributed by atoms with Gasteiger partial charge in [0.15, 0.2) is 0 Å². The molecule has 0 saturated carbocycles. The number of carbonyl (C=O) groups is 1. The summed E-state index contributed by atoms with van der Waals surface area (Å²) < 4.78 is 0. The van der Waals surface area contributed by atoms with Crippen molar-refractivity contribution in [3.05, 3.63) is 70.2 Å². The smallest absolute Gasteiger partial charge is 0.234 e. The zero-order chi connectivity index (χ0) is 15.9. The molecule has 0 spiro atoms. The molecule has 0 saturated heterocycles. The lowest BCUT2D eigenvalue weighted by Crippen LogP contribution is -2.34. The number of hydrogen-bond donors (Lipinski definition) is 2. The summed E-state index contributed by atoms with van der Waals surface area (Å²) in [5.41, 5.74) is 3.43. The van der Waals surface area contributed by atoms with Crippen molar-refractivity contribution in [3.63, 3.8) is 0 Å². The number of rotatable bonds is 6. The Labute approximate surface area is 136 Å². The van der Waals surface area contributed by atoms with Gasteiger partial charge in [0.1, 0.15) is 0 Å². The van der Waals surface area contributed by atoms with Crippen LogP contribution in [0, 0.1) is 6.92 Å². The quantitative estimate of drug-likeness (QED) is 0.854. The fourth-order valence-corrected chi connectivity index (χ4v) is 2.31. The molecule has 0 aliphatic carbocycles. The SMILES string of the molecule is Cc1ccccc1CNC(=O)CNC(C)c1ccc(Cl)cc1. The summed E-state index contributed by atoms with van der Waals surface area (Å²) in [5, 5.41) is 6.86. The predicted molar refractivity (Wildman–Crippen MR) is 90.9 cm³/mol. The van der Waals surface area contributed by atoms with Gasteiger partial charge in [-0.15, -0.1) is 0 Å². The number of hydrogen-bond acceptors (Lipinski definition) is 2. The fourth-order valence-electron chi connectivity index (χ4n) is 2.18. The van der Waals surface area contributed by atoms with Crippen LogP contribution in [0.5, 0.6) is 0 Å². The van der Waals surface area contributed by atoms with Gasteiger partial charge in [0.25, 0.3) is 0 Å². The van der Waals surface area contributed by atoms with Crippen molar-refractivity contribution in [2.24, 2.45) is 0 Å². The second-order valence-corrected chi connectivity index (χ2v) is 5.79. The zero-order valence-electron chi connectivity index (χ0n) is 12.9. The van der Waals surface area contributed by atoms with Gasteiger partial charge in [-0.2, -0.15) is 0 Å². The summed E-state index contributed by atoms with van der Waals surface area (Å²) in [4.78, 5) is 11.9. The highest BCUT2D eigenvalue weighted by molar-refractivity contribution is 6.30. The van der Waals surface area contributed by atoms with Gasteiger partial charge in [0.05, 0.1) is 6.54 Å². The highest BCUT2D eigenvalue weighted by Crippen LogP contribution is 2.15. The molecule has 0 fully saturated rings. The maximum Gasteiger partial charge on any atom is 0.234 e. The summed E-state index contributed by atoms with van der Waals surface area (Å²) in [5.74, 6) is -0.0101. The third-order valence-electron chi connectivity index (χ3n) is 3.68. The minimum absolute atomic E-state index is 0.0101. The summed E-state index contributed by atoms with van der Waals surface area (Å²) in [6.07, 6.45) is 0. The van der Waals surface area contributed by atoms with Gasteiger partial charge in [-0.25, -0.2) is 0 Å². The number of benzene rings is 2. The maximum atomic E-state index is 11.9. The largest absolute Gasteiger partial charge is 0.351 e. The van der Waals surface area contributed by atoms with Gasteiger partial charge >= 0.3 is 0 Å². The van der Waals surface area contributed by atoms with Crippen LogP contribution < -0.4 is 10.6 Å². The van der Waals surface area contributed by atoms with E-state index in [0.29, 0.717) is 11.6 Å². The highest BCUT2D eigenvalue weighted by atomic mass is 35.5. The summed E-state index contributed by atoms with van der Waals surface area (Å²) in [6, 6.07) is 15.8. The molecule has 1 amide bonds. The Morgan fingerprint density at radius 3 is 2.50 bits per heavy atom. The van der Waals surface area contributed by atoms with Crippen molar-refractivity contribution in [1.82, 2.24) is 10.6 Å². The molecule has 22 heavy (non-hydrogen) atoms. The molecule has 0 aliphatic heterocycles. The van der Waals surface area contributed by atoms with Gasteiger partial charge in [-0.1, -0.05) is 48.0 Å². The minimum atomic E-state index is -0.0101. The van der Waals surface area contributed by atoms with Gasteiger partial charge in [-0.3, -0.25) is 4.79 Å². The highest BCUT2D eigenvalue weighted by Gasteiger charge is 2.08. The first-order chi connectivity index (χ1) is 10.6. The second-order valence-electron chi connectivity index (χ2n) is 5.36. The van der Waals surface area contributed by atoms with Crippen molar-refractivity contribution in [1.29, 1.82) is 0 Å². The molecule has 1 unspecified atom stereocenters. The van der Waals surface area contributed by atoms with Crippen LogP contribution in [0.1, 0.15) is 29.7 Å². The Balaban J connectivity index is 1.78. The normalized spacial score (nSPS) is 12.0. The van der Waals surface area contributed by atoms with Crippen LogP contribution in [0.2, 0.25) is 5.02 Å². The van der Waals surface area contributed by atoms with Crippen molar-refractivity contribution >= 4 is 17.5 Å². The standard InChI is InChI=1S/C18H21ClN2O/c1-13-5-3-4-6-16(13)11-21-18(22)12-20-14(2)15-7-9-17(19)10-8-15/h3-10,14,20H,11-12H2,1-2H3,(H,21,22). The van der Waals surface area contributed by atoms with Crippen LogP contribution >= 0.6 is 11.6 Å². The summed E-state index contributed by atoms with van der Waals surface area (Å²) in [7, 11) is 0. The molecule has 2 aromatic carbocycles. The minimum Gasteiger partial charge on any atom is -0.351 e. The van der Waals surface area contributed by atoms with Gasteiger partial charge in [0.2, 0.25) is 5.91 Å². The van der Waals surface area contributed by atoms with Crippen molar-refractivity contribution < 1.29 is 4.79 Å². The van der Waals surface area contributed by atoms with Crippen LogP contribution in [0.4, 0.5) is 0 Å². The molecule has 0 radical (unpaired) electrons. The van der Waals surface area contributed by atoms with Crippen LogP contribution in [0.15, 0.2) is 48.5 Å². The molecule has 0 bridgehead atoms. The third-order valence-corrected chi connectivity index (χ3v) is 3.93.